The van der Waals surface area contributed by atoms with Crippen molar-refractivity contribution < 1.29 is 4.79 Å². The fraction of sp³-hybridized carbons (Fsp3) is 0.304. The van der Waals surface area contributed by atoms with Gasteiger partial charge in [0.1, 0.15) is 0 Å². The first-order valence-electron chi connectivity index (χ1n) is 10.1. The van der Waals surface area contributed by atoms with Gasteiger partial charge in [-0.15, -0.1) is 0 Å². The Kier molecular flexibility index (Phi) is 5.63. The molecule has 0 saturated heterocycles. The number of amides is 1. The van der Waals surface area contributed by atoms with Crippen molar-refractivity contribution in [3.8, 4) is 0 Å². The van der Waals surface area contributed by atoms with E-state index in [1.54, 1.807) is 21.8 Å². The molecule has 30 heavy (non-hydrogen) atoms. The van der Waals surface area contributed by atoms with Crippen LogP contribution in [-0.2, 0) is 6.54 Å². The summed E-state index contributed by atoms with van der Waals surface area (Å²) in [6.45, 7) is 8.72. The average Bonchev–Trinajstić information content (AvgIpc) is 3.39. The van der Waals surface area contributed by atoms with Crippen molar-refractivity contribution in [2.45, 2.75) is 46.2 Å². The van der Waals surface area contributed by atoms with Gasteiger partial charge < -0.3 is 0 Å². The van der Waals surface area contributed by atoms with Gasteiger partial charge in [-0.25, -0.2) is 4.98 Å². The van der Waals surface area contributed by atoms with Gasteiger partial charge in [0.2, 0.25) is 0 Å². The maximum absolute atomic E-state index is 13.5. The van der Waals surface area contributed by atoms with E-state index in [1.165, 1.54) is 16.9 Å². The predicted octanol–water partition coefficient (Wildman–Crippen LogP) is 5.44. The number of rotatable bonds is 6. The molecular formula is C23H25N5OS. The summed E-state index contributed by atoms with van der Waals surface area (Å²) >= 11 is 1.52. The van der Waals surface area contributed by atoms with Gasteiger partial charge in [0.25, 0.3) is 5.91 Å². The number of carbonyl (C=O) groups is 1. The summed E-state index contributed by atoms with van der Waals surface area (Å²) in [4.78, 5) is 24.4. The molecule has 0 radical (unpaired) electrons. The van der Waals surface area contributed by atoms with Crippen molar-refractivity contribution in [2.75, 3.05) is 4.90 Å². The molecule has 0 spiro atoms. The van der Waals surface area contributed by atoms with Crippen molar-refractivity contribution in [3.63, 3.8) is 0 Å². The van der Waals surface area contributed by atoms with Crippen LogP contribution < -0.4 is 4.90 Å². The average molecular weight is 420 g/mol. The van der Waals surface area contributed by atoms with E-state index in [0.29, 0.717) is 23.3 Å². The molecule has 0 atom stereocenters. The Bertz CT molecular complexity index is 1160. The van der Waals surface area contributed by atoms with E-state index < -0.39 is 0 Å². The molecule has 6 nitrogen and oxygen atoms in total. The van der Waals surface area contributed by atoms with Crippen LogP contribution in [-0.4, -0.2) is 25.7 Å². The molecular weight excluding hydrogens is 394 g/mol. The zero-order valence-corrected chi connectivity index (χ0v) is 18.4. The third-order valence-electron chi connectivity index (χ3n) is 4.94. The van der Waals surface area contributed by atoms with Crippen LogP contribution in [0.2, 0.25) is 0 Å². The van der Waals surface area contributed by atoms with Crippen LogP contribution >= 0.6 is 11.3 Å². The van der Waals surface area contributed by atoms with Crippen LogP contribution in [0, 0.1) is 0 Å². The lowest BCUT2D eigenvalue weighted by molar-refractivity contribution is 0.0979. The minimum absolute atomic E-state index is 0.176. The van der Waals surface area contributed by atoms with E-state index >= 15 is 0 Å². The summed E-state index contributed by atoms with van der Waals surface area (Å²) in [6.07, 6.45) is 3.58. The van der Waals surface area contributed by atoms with Gasteiger partial charge in [-0.1, -0.05) is 43.4 Å². The van der Waals surface area contributed by atoms with Crippen LogP contribution in [0.1, 0.15) is 61.4 Å². The first kappa shape index (κ1) is 20.2. The standard InChI is InChI=1S/C23H25N5OS/c1-15(2)18-9-7-10-20-21(18)25-23(30-20)27(14-17-8-5-6-12-24-17)22(29)19-11-13-28(26-19)16(3)4/h5-13,15-16H,14H2,1-4H3. The molecule has 3 aromatic heterocycles. The minimum atomic E-state index is -0.176. The molecule has 0 bridgehead atoms. The fourth-order valence-electron chi connectivity index (χ4n) is 3.30. The van der Waals surface area contributed by atoms with Gasteiger partial charge in [-0.05, 0) is 49.6 Å². The lowest BCUT2D eigenvalue weighted by Gasteiger charge is -2.18. The molecule has 154 valence electrons. The quantitative estimate of drug-likeness (QED) is 0.417. The van der Waals surface area contributed by atoms with Gasteiger partial charge in [0.05, 0.1) is 22.5 Å². The largest absolute Gasteiger partial charge is 0.280 e. The number of hydrogen-bond acceptors (Lipinski definition) is 5. The van der Waals surface area contributed by atoms with E-state index in [2.05, 4.69) is 42.1 Å². The smallest absolute Gasteiger partial charge is 0.276 e. The van der Waals surface area contributed by atoms with Crippen LogP contribution in [0.4, 0.5) is 5.13 Å². The van der Waals surface area contributed by atoms with Crippen LogP contribution in [0.25, 0.3) is 10.2 Å². The molecule has 4 rings (SSSR count). The zero-order valence-electron chi connectivity index (χ0n) is 17.6. The van der Waals surface area contributed by atoms with Gasteiger partial charge >= 0.3 is 0 Å². The number of hydrogen-bond donors (Lipinski definition) is 0. The number of carbonyl (C=O) groups excluding carboxylic acids is 1. The second-order valence-electron chi connectivity index (χ2n) is 7.83. The van der Waals surface area contributed by atoms with Gasteiger partial charge in [0.15, 0.2) is 10.8 Å². The molecule has 0 unspecified atom stereocenters. The molecule has 0 aliphatic heterocycles. The molecule has 0 aliphatic rings. The zero-order chi connectivity index (χ0) is 21.3. The number of aromatic nitrogens is 4. The molecule has 7 heteroatoms. The molecule has 0 saturated carbocycles. The van der Waals surface area contributed by atoms with Crippen molar-refractivity contribution in [1.82, 2.24) is 19.7 Å². The van der Waals surface area contributed by atoms with Gasteiger partial charge in [-0.2, -0.15) is 5.10 Å². The molecule has 1 aromatic carbocycles. The Morgan fingerprint density at radius 1 is 1.10 bits per heavy atom. The van der Waals surface area contributed by atoms with Gasteiger partial charge in [0, 0.05) is 18.4 Å². The SMILES string of the molecule is CC(C)c1cccc2sc(N(Cc3ccccn3)C(=O)c3ccn(C(C)C)n3)nc12. The lowest BCUT2D eigenvalue weighted by atomic mass is 10.0. The van der Waals surface area contributed by atoms with Crippen LogP contribution in [0.3, 0.4) is 0 Å². The summed E-state index contributed by atoms with van der Waals surface area (Å²) in [5, 5.41) is 5.14. The van der Waals surface area contributed by atoms with Gasteiger partial charge in [-0.3, -0.25) is 19.4 Å². The van der Waals surface area contributed by atoms with E-state index in [4.69, 9.17) is 4.98 Å². The van der Waals surface area contributed by atoms with Crippen molar-refractivity contribution in [1.29, 1.82) is 0 Å². The first-order valence-corrected chi connectivity index (χ1v) is 10.9. The maximum atomic E-state index is 13.5. The number of benzene rings is 1. The van der Waals surface area contributed by atoms with E-state index in [-0.39, 0.29) is 11.9 Å². The minimum Gasteiger partial charge on any atom is -0.276 e. The predicted molar refractivity (Wildman–Crippen MR) is 121 cm³/mol. The van der Waals surface area contributed by atoms with E-state index in [0.717, 1.165) is 15.9 Å². The Hall–Kier alpha value is -3.06. The Labute approximate surface area is 180 Å². The number of nitrogens with zero attached hydrogens (tertiary/aromatic N) is 5. The highest BCUT2D eigenvalue weighted by Gasteiger charge is 2.25. The molecule has 0 fully saturated rings. The molecule has 4 aromatic rings. The number of fused-ring (bicyclic) bond motifs is 1. The Morgan fingerprint density at radius 2 is 1.93 bits per heavy atom. The van der Waals surface area contributed by atoms with Crippen molar-refractivity contribution in [2.24, 2.45) is 0 Å². The maximum Gasteiger partial charge on any atom is 0.280 e. The lowest BCUT2D eigenvalue weighted by Crippen LogP contribution is -2.31. The first-order chi connectivity index (χ1) is 14.4. The summed E-state index contributed by atoms with van der Waals surface area (Å²) in [5.74, 6) is 0.176. The monoisotopic (exact) mass is 419 g/mol. The number of para-hydroxylation sites is 1. The summed E-state index contributed by atoms with van der Waals surface area (Å²) in [7, 11) is 0. The summed E-state index contributed by atoms with van der Waals surface area (Å²) in [6, 6.07) is 13.9. The van der Waals surface area contributed by atoms with Crippen molar-refractivity contribution in [3.05, 3.63) is 71.8 Å². The summed E-state index contributed by atoms with van der Waals surface area (Å²) in [5.41, 5.74) is 3.35. The highest BCUT2D eigenvalue weighted by molar-refractivity contribution is 7.22. The molecule has 0 aliphatic carbocycles. The fourth-order valence-corrected chi connectivity index (χ4v) is 4.30. The number of anilines is 1. The Morgan fingerprint density at radius 3 is 2.60 bits per heavy atom. The second kappa shape index (κ2) is 8.36. The van der Waals surface area contributed by atoms with Crippen LogP contribution in [0.15, 0.2) is 54.9 Å². The Balaban J connectivity index is 1.78. The third kappa shape index (κ3) is 3.98. The van der Waals surface area contributed by atoms with E-state index in [1.807, 2.05) is 38.2 Å². The third-order valence-corrected chi connectivity index (χ3v) is 5.98. The van der Waals surface area contributed by atoms with Crippen LogP contribution in [0.5, 0.6) is 0 Å². The molecule has 0 N–H and O–H groups in total. The normalized spacial score (nSPS) is 11.5. The van der Waals surface area contributed by atoms with Crippen molar-refractivity contribution >= 4 is 32.6 Å². The second-order valence-corrected chi connectivity index (χ2v) is 8.84. The van der Waals surface area contributed by atoms with E-state index in [9.17, 15) is 4.79 Å². The summed E-state index contributed by atoms with van der Waals surface area (Å²) < 4.78 is 2.87. The molecule has 3 heterocycles. The molecule has 1 amide bonds. The topological polar surface area (TPSA) is 63.9 Å². The highest BCUT2D eigenvalue weighted by atomic mass is 32.1. The number of pyridine rings is 1. The highest BCUT2D eigenvalue weighted by Crippen LogP contribution is 2.34. The number of thiazole rings is 1.